The second-order valence-electron chi connectivity index (χ2n) is 5.58. The highest BCUT2D eigenvalue weighted by molar-refractivity contribution is 6.03. The van der Waals surface area contributed by atoms with Crippen LogP contribution in [0.15, 0.2) is 46.9 Å². The van der Waals surface area contributed by atoms with Crippen molar-refractivity contribution in [3.8, 4) is 5.75 Å². The van der Waals surface area contributed by atoms with Crippen molar-refractivity contribution < 1.29 is 19.1 Å². The number of aromatic carboxylic acids is 1. The quantitative estimate of drug-likeness (QED) is 0.722. The van der Waals surface area contributed by atoms with E-state index >= 15 is 0 Å². The zero-order chi connectivity index (χ0) is 17.1. The standard InChI is InChI=1S/C18H18N2O4/c1-11-20-17-15(24-11)8-7-14(16(17)18(21)22)23-10-13(19)9-12-5-3-2-4-6-12/h2-8,13H,9-10,19H2,1H3,(H,21,22)/t13-/m0/s1. The van der Waals surface area contributed by atoms with Gasteiger partial charge in [-0.1, -0.05) is 30.3 Å². The molecule has 0 unspecified atom stereocenters. The van der Waals surface area contributed by atoms with Crippen LogP contribution >= 0.6 is 0 Å². The lowest BCUT2D eigenvalue weighted by Crippen LogP contribution is -2.30. The lowest BCUT2D eigenvalue weighted by atomic mass is 10.1. The Morgan fingerprint density at radius 2 is 2.04 bits per heavy atom. The summed E-state index contributed by atoms with van der Waals surface area (Å²) in [5.74, 6) is -0.460. The number of carboxylic acids is 1. The van der Waals surface area contributed by atoms with E-state index in [-0.39, 0.29) is 29.5 Å². The number of hydrogen-bond acceptors (Lipinski definition) is 5. The average Bonchev–Trinajstić information content (AvgIpc) is 2.93. The molecule has 0 aliphatic carbocycles. The number of aromatic nitrogens is 1. The topological polar surface area (TPSA) is 98.6 Å². The van der Waals surface area contributed by atoms with Gasteiger partial charge in [-0.15, -0.1) is 0 Å². The molecule has 0 bridgehead atoms. The molecule has 6 nitrogen and oxygen atoms in total. The van der Waals surface area contributed by atoms with Gasteiger partial charge in [-0.2, -0.15) is 0 Å². The summed E-state index contributed by atoms with van der Waals surface area (Å²) in [4.78, 5) is 15.7. The number of ether oxygens (including phenoxy) is 1. The summed E-state index contributed by atoms with van der Waals surface area (Å²) in [6.07, 6.45) is 0.647. The zero-order valence-corrected chi connectivity index (χ0v) is 13.2. The van der Waals surface area contributed by atoms with Gasteiger partial charge in [-0.3, -0.25) is 0 Å². The SMILES string of the molecule is Cc1nc2c(C(=O)O)c(OC[C@@H](N)Cc3ccccc3)ccc2o1. The highest BCUT2D eigenvalue weighted by Crippen LogP contribution is 2.28. The number of fused-ring (bicyclic) bond motifs is 1. The first-order valence-electron chi connectivity index (χ1n) is 7.60. The molecule has 0 spiro atoms. The number of rotatable bonds is 6. The van der Waals surface area contributed by atoms with Gasteiger partial charge in [0, 0.05) is 13.0 Å². The fourth-order valence-corrected chi connectivity index (χ4v) is 2.59. The fourth-order valence-electron chi connectivity index (χ4n) is 2.59. The van der Waals surface area contributed by atoms with Crippen molar-refractivity contribution in [2.24, 2.45) is 5.73 Å². The fraction of sp³-hybridized carbons (Fsp3) is 0.222. The van der Waals surface area contributed by atoms with Crippen LogP contribution < -0.4 is 10.5 Å². The van der Waals surface area contributed by atoms with E-state index in [0.717, 1.165) is 5.56 Å². The van der Waals surface area contributed by atoms with Gasteiger partial charge in [0.15, 0.2) is 11.5 Å². The van der Waals surface area contributed by atoms with E-state index in [4.69, 9.17) is 14.9 Å². The molecule has 0 amide bonds. The predicted molar refractivity (Wildman–Crippen MR) is 89.3 cm³/mol. The summed E-state index contributed by atoms with van der Waals surface area (Å²) in [5.41, 5.74) is 7.90. The average molecular weight is 326 g/mol. The van der Waals surface area contributed by atoms with Crippen LogP contribution in [-0.2, 0) is 6.42 Å². The molecule has 0 aliphatic rings. The van der Waals surface area contributed by atoms with Crippen molar-refractivity contribution in [1.82, 2.24) is 4.98 Å². The lowest BCUT2D eigenvalue weighted by molar-refractivity contribution is 0.0694. The molecule has 2 aromatic carbocycles. The first kappa shape index (κ1) is 16.0. The molecule has 124 valence electrons. The maximum absolute atomic E-state index is 11.6. The zero-order valence-electron chi connectivity index (χ0n) is 13.2. The van der Waals surface area contributed by atoms with E-state index in [1.165, 1.54) is 0 Å². The van der Waals surface area contributed by atoms with Crippen LogP contribution in [-0.4, -0.2) is 28.7 Å². The molecule has 1 aromatic heterocycles. The van der Waals surface area contributed by atoms with E-state index in [9.17, 15) is 9.90 Å². The Morgan fingerprint density at radius 1 is 1.29 bits per heavy atom. The summed E-state index contributed by atoms with van der Waals surface area (Å²) < 4.78 is 11.0. The van der Waals surface area contributed by atoms with Gasteiger partial charge in [-0.05, 0) is 24.1 Å². The van der Waals surface area contributed by atoms with Gasteiger partial charge in [0.25, 0.3) is 0 Å². The van der Waals surface area contributed by atoms with E-state index < -0.39 is 5.97 Å². The van der Waals surface area contributed by atoms with Crippen molar-refractivity contribution in [2.45, 2.75) is 19.4 Å². The molecule has 0 aliphatic heterocycles. The monoisotopic (exact) mass is 326 g/mol. The van der Waals surface area contributed by atoms with Crippen LogP contribution in [0.3, 0.4) is 0 Å². The largest absolute Gasteiger partial charge is 0.491 e. The van der Waals surface area contributed by atoms with Gasteiger partial charge in [0.2, 0.25) is 0 Å². The second-order valence-corrected chi connectivity index (χ2v) is 5.58. The molecule has 24 heavy (non-hydrogen) atoms. The van der Waals surface area contributed by atoms with Gasteiger partial charge >= 0.3 is 5.97 Å². The van der Waals surface area contributed by atoms with E-state index in [1.807, 2.05) is 30.3 Å². The van der Waals surface area contributed by atoms with Crippen LogP contribution in [0.5, 0.6) is 5.75 Å². The molecule has 0 saturated carbocycles. The Hall–Kier alpha value is -2.86. The number of carboxylic acid groups (broad SMARTS) is 1. The molecule has 6 heteroatoms. The van der Waals surface area contributed by atoms with Crippen molar-refractivity contribution in [1.29, 1.82) is 0 Å². The third-order valence-electron chi connectivity index (χ3n) is 3.64. The van der Waals surface area contributed by atoms with Gasteiger partial charge < -0.3 is 20.0 Å². The number of hydrogen-bond donors (Lipinski definition) is 2. The summed E-state index contributed by atoms with van der Waals surface area (Å²) in [6, 6.07) is 12.8. The summed E-state index contributed by atoms with van der Waals surface area (Å²) in [7, 11) is 0. The highest BCUT2D eigenvalue weighted by atomic mass is 16.5. The number of nitrogens with two attached hydrogens (primary N) is 1. The molecule has 0 radical (unpaired) electrons. The maximum Gasteiger partial charge on any atom is 0.341 e. The minimum Gasteiger partial charge on any atom is -0.491 e. The van der Waals surface area contributed by atoms with Crippen LogP contribution in [0.4, 0.5) is 0 Å². The van der Waals surface area contributed by atoms with Crippen molar-refractivity contribution in [3.63, 3.8) is 0 Å². The highest BCUT2D eigenvalue weighted by Gasteiger charge is 2.20. The van der Waals surface area contributed by atoms with Crippen LogP contribution in [0.2, 0.25) is 0 Å². The number of benzene rings is 2. The molecule has 3 rings (SSSR count). The van der Waals surface area contributed by atoms with E-state index in [1.54, 1.807) is 19.1 Å². The molecule has 3 aromatic rings. The van der Waals surface area contributed by atoms with E-state index in [0.29, 0.717) is 17.9 Å². The summed E-state index contributed by atoms with van der Waals surface area (Å²) in [6.45, 7) is 1.87. The number of oxazole rings is 1. The molecule has 1 heterocycles. The molecular formula is C18H18N2O4. The molecule has 0 saturated heterocycles. The lowest BCUT2D eigenvalue weighted by Gasteiger charge is -2.14. The number of nitrogens with zero attached hydrogens (tertiary/aromatic N) is 1. The first-order valence-corrected chi connectivity index (χ1v) is 7.60. The normalized spacial score (nSPS) is 12.2. The maximum atomic E-state index is 11.6. The van der Waals surface area contributed by atoms with Crippen molar-refractivity contribution in [2.75, 3.05) is 6.61 Å². The van der Waals surface area contributed by atoms with Gasteiger partial charge in [0.05, 0.1) is 0 Å². The Morgan fingerprint density at radius 3 is 2.75 bits per heavy atom. The number of carbonyl (C=O) groups is 1. The Bertz CT molecular complexity index is 858. The summed E-state index contributed by atoms with van der Waals surface area (Å²) in [5, 5.41) is 9.48. The Balaban J connectivity index is 1.77. The van der Waals surface area contributed by atoms with E-state index in [2.05, 4.69) is 4.98 Å². The predicted octanol–water partition coefficient (Wildman–Crippen LogP) is 2.78. The first-order chi connectivity index (χ1) is 11.5. The second kappa shape index (κ2) is 6.72. The van der Waals surface area contributed by atoms with Crippen LogP contribution in [0, 0.1) is 6.92 Å². The molecule has 0 fully saturated rings. The number of aryl methyl sites for hydroxylation is 1. The van der Waals surface area contributed by atoms with Gasteiger partial charge in [-0.25, -0.2) is 9.78 Å². The van der Waals surface area contributed by atoms with Crippen LogP contribution in [0.25, 0.3) is 11.1 Å². The minimum absolute atomic E-state index is 0.00346. The van der Waals surface area contributed by atoms with Crippen LogP contribution in [0.1, 0.15) is 21.8 Å². The minimum atomic E-state index is -1.11. The Kier molecular flexibility index (Phi) is 4.48. The summed E-state index contributed by atoms with van der Waals surface area (Å²) >= 11 is 0. The smallest absolute Gasteiger partial charge is 0.341 e. The van der Waals surface area contributed by atoms with Crippen molar-refractivity contribution >= 4 is 17.1 Å². The third-order valence-corrected chi connectivity index (χ3v) is 3.64. The molecular weight excluding hydrogens is 308 g/mol. The molecule has 1 atom stereocenters. The third kappa shape index (κ3) is 3.38. The Labute approximate surface area is 138 Å². The molecule has 3 N–H and O–H groups in total. The van der Waals surface area contributed by atoms with Crippen molar-refractivity contribution in [3.05, 3.63) is 59.5 Å². The van der Waals surface area contributed by atoms with Gasteiger partial charge in [0.1, 0.15) is 23.4 Å².